The van der Waals surface area contributed by atoms with Gasteiger partial charge in [-0.05, 0) is 79.2 Å². The summed E-state index contributed by atoms with van der Waals surface area (Å²) >= 11 is 6.48. The molecule has 0 aliphatic rings. The van der Waals surface area contributed by atoms with Crippen LogP contribution in [0.2, 0.25) is 5.02 Å². The van der Waals surface area contributed by atoms with Crippen LogP contribution < -0.4 is 10.1 Å². The second kappa shape index (κ2) is 12.1. The number of benzene rings is 4. The molecule has 0 atom stereocenters. The Morgan fingerprint density at radius 2 is 1.84 bits per heavy atom. The summed E-state index contributed by atoms with van der Waals surface area (Å²) in [5, 5.41) is 4.19. The molecule has 0 saturated heterocycles. The minimum atomic E-state index is -4.58. The fraction of sp³-hybridized carbons (Fsp3) is 0.0606. The lowest BCUT2D eigenvalue weighted by atomic mass is 10.0. The first kappa shape index (κ1) is 29.9. The molecular weight excluding hydrogens is 621 g/mol. The van der Waals surface area contributed by atoms with Crippen LogP contribution in [-0.2, 0) is 16.7 Å². The minimum Gasteiger partial charge on any atom is -0.487 e. The number of aldehydes is 1. The van der Waals surface area contributed by atoms with Crippen molar-refractivity contribution in [3.63, 3.8) is 0 Å². The molecule has 0 fully saturated rings. The van der Waals surface area contributed by atoms with Crippen molar-refractivity contribution in [2.24, 2.45) is 0 Å². The molecule has 6 aromatic rings. The normalized spacial score (nSPS) is 11.5. The molecule has 226 valence electrons. The number of hydrogen-bond acceptors (Lipinski definition) is 8. The predicted molar refractivity (Wildman–Crippen MR) is 168 cm³/mol. The number of nitrogens with zero attached hydrogens (tertiary/aromatic N) is 2. The standard InChI is InChI=1S/C33H23ClFN3O6S/c1-19-5-10-32(45(40,41)42)25(11-19)24-15-30(44-31(24)16-39)21-6-8-28-26(13-21)33(37-18-36-28)38-23-7-9-29(27(34)14-23)43-17-20-3-2-4-22(35)12-20/h2-16,18H,17H2,1H3,(H,36,37,38)(H,40,41,42). The number of halogens is 2. The van der Waals surface area contributed by atoms with E-state index >= 15 is 0 Å². The van der Waals surface area contributed by atoms with E-state index in [1.165, 1.54) is 24.5 Å². The van der Waals surface area contributed by atoms with Crippen LogP contribution in [-0.4, -0.2) is 29.2 Å². The average molecular weight is 644 g/mol. The second-order valence-corrected chi connectivity index (χ2v) is 11.9. The number of rotatable bonds is 9. The average Bonchev–Trinajstić information content (AvgIpc) is 3.45. The smallest absolute Gasteiger partial charge is 0.295 e. The topological polar surface area (TPSA) is 132 Å². The van der Waals surface area contributed by atoms with Gasteiger partial charge in [0.15, 0.2) is 12.0 Å². The number of ether oxygens (including phenoxy) is 1. The third-order valence-electron chi connectivity index (χ3n) is 6.97. The second-order valence-electron chi connectivity index (χ2n) is 10.1. The van der Waals surface area contributed by atoms with Gasteiger partial charge in [-0.2, -0.15) is 8.42 Å². The molecule has 0 amide bonds. The van der Waals surface area contributed by atoms with E-state index in [2.05, 4.69) is 15.3 Å². The first-order valence-corrected chi connectivity index (χ1v) is 15.3. The van der Waals surface area contributed by atoms with Crippen molar-refractivity contribution in [1.82, 2.24) is 9.97 Å². The summed E-state index contributed by atoms with van der Waals surface area (Å²) in [6.07, 6.45) is 1.90. The monoisotopic (exact) mass is 643 g/mol. The maximum atomic E-state index is 13.5. The van der Waals surface area contributed by atoms with Gasteiger partial charge in [-0.3, -0.25) is 9.35 Å². The van der Waals surface area contributed by atoms with Gasteiger partial charge < -0.3 is 14.5 Å². The number of anilines is 2. The highest BCUT2D eigenvalue weighted by molar-refractivity contribution is 7.86. The van der Waals surface area contributed by atoms with Crippen molar-refractivity contribution in [3.8, 4) is 28.2 Å². The highest BCUT2D eigenvalue weighted by atomic mass is 35.5. The third-order valence-corrected chi connectivity index (χ3v) is 8.18. The SMILES string of the molecule is Cc1ccc(S(=O)(=O)O)c(-c2cc(-c3ccc4ncnc(Nc5ccc(OCc6cccc(F)c6)c(Cl)c5)c4c3)oc2C=O)c1. The van der Waals surface area contributed by atoms with Gasteiger partial charge in [0, 0.05) is 27.8 Å². The Bertz CT molecular complexity index is 2200. The predicted octanol–water partition coefficient (Wildman–Crippen LogP) is 8.04. The number of carbonyl (C=O) groups excluding carboxylic acids is 1. The van der Waals surface area contributed by atoms with Crippen molar-refractivity contribution in [2.75, 3.05) is 5.32 Å². The molecule has 0 aliphatic carbocycles. The van der Waals surface area contributed by atoms with Crippen molar-refractivity contribution in [1.29, 1.82) is 0 Å². The summed E-state index contributed by atoms with van der Waals surface area (Å²) in [5.74, 6) is 0.719. The van der Waals surface area contributed by atoms with Gasteiger partial charge in [0.2, 0.25) is 0 Å². The van der Waals surface area contributed by atoms with E-state index < -0.39 is 10.1 Å². The molecule has 0 saturated carbocycles. The summed E-state index contributed by atoms with van der Waals surface area (Å²) in [5.41, 5.74) is 3.54. The van der Waals surface area contributed by atoms with Crippen LogP contribution in [0.1, 0.15) is 21.7 Å². The quantitative estimate of drug-likeness (QED) is 0.119. The fourth-order valence-corrected chi connectivity index (χ4v) is 5.78. The van der Waals surface area contributed by atoms with Crippen LogP contribution in [0.15, 0.2) is 101 Å². The molecule has 12 heteroatoms. The first-order valence-electron chi connectivity index (χ1n) is 13.5. The lowest BCUT2D eigenvalue weighted by molar-refractivity contribution is 0.110. The van der Waals surface area contributed by atoms with Crippen LogP contribution in [0.5, 0.6) is 5.75 Å². The van der Waals surface area contributed by atoms with Crippen LogP contribution in [0.25, 0.3) is 33.4 Å². The largest absolute Gasteiger partial charge is 0.487 e. The Balaban J connectivity index is 1.31. The molecule has 45 heavy (non-hydrogen) atoms. The van der Waals surface area contributed by atoms with Crippen molar-refractivity contribution in [3.05, 3.63) is 119 Å². The van der Waals surface area contributed by atoms with Crippen molar-refractivity contribution >= 4 is 50.4 Å². The molecule has 0 aliphatic heterocycles. The van der Waals surface area contributed by atoms with Crippen LogP contribution >= 0.6 is 11.6 Å². The molecule has 2 N–H and O–H groups in total. The Morgan fingerprint density at radius 3 is 2.60 bits per heavy atom. The molecule has 0 unspecified atom stereocenters. The van der Waals surface area contributed by atoms with E-state index in [1.807, 2.05) is 0 Å². The maximum absolute atomic E-state index is 13.5. The van der Waals surface area contributed by atoms with E-state index in [-0.39, 0.29) is 40.0 Å². The Kier molecular flexibility index (Phi) is 8.07. The number of hydrogen-bond donors (Lipinski definition) is 2. The summed E-state index contributed by atoms with van der Waals surface area (Å²) in [4.78, 5) is 20.4. The molecule has 2 aromatic heterocycles. The van der Waals surface area contributed by atoms with Gasteiger partial charge in [-0.1, -0.05) is 35.4 Å². The van der Waals surface area contributed by atoms with E-state index in [0.29, 0.717) is 50.6 Å². The number of aromatic nitrogens is 2. The molecular formula is C33H23ClFN3O6S. The number of fused-ring (bicyclic) bond motifs is 1. The lowest BCUT2D eigenvalue weighted by Gasteiger charge is -2.12. The van der Waals surface area contributed by atoms with Gasteiger partial charge in [-0.25, -0.2) is 14.4 Å². The molecule has 9 nitrogen and oxygen atoms in total. The molecule has 2 heterocycles. The summed E-state index contributed by atoms with van der Waals surface area (Å²) in [6, 6.07) is 22.4. The van der Waals surface area contributed by atoms with Gasteiger partial charge in [0.25, 0.3) is 10.1 Å². The van der Waals surface area contributed by atoms with E-state index in [0.717, 1.165) is 5.56 Å². The Morgan fingerprint density at radius 1 is 1.00 bits per heavy atom. The number of aryl methyl sites for hydroxylation is 1. The summed E-state index contributed by atoms with van der Waals surface area (Å²) < 4.78 is 59.1. The van der Waals surface area contributed by atoms with E-state index in [4.69, 9.17) is 20.8 Å². The van der Waals surface area contributed by atoms with Gasteiger partial charge in [0.1, 0.15) is 41.0 Å². The summed E-state index contributed by atoms with van der Waals surface area (Å²) in [6.45, 7) is 1.91. The zero-order valence-electron chi connectivity index (χ0n) is 23.5. The van der Waals surface area contributed by atoms with Gasteiger partial charge in [-0.15, -0.1) is 0 Å². The molecule has 4 aromatic carbocycles. The first-order chi connectivity index (χ1) is 21.6. The van der Waals surface area contributed by atoms with Gasteiger partial charge >= 0.3 is 0 Å². The summed E-state index contributed by atoms with van der Waals surface area (Å²) in [7, 11) is -4.58. The highest BCUT2D eigenvalue weighted by Gasteiger charge is 2.22. The van der Waals surface area contributed by atoms with Crippen LogP contribution in [0.4, 0.5) is 15.9 Å². The Hall–Kier alpha value is -5.10. The Labute approximate surface area is 262 Å². The zero-order valence-corrected chi connectivity index (χ0v) is 25.1. The fourth-order valence-electron chi connectivity index (χ4n) is 4.85. The zero-order chi connectivity index (χ0) is 31.7. The number of nitrogens with one attached hydrogen (secondary N) is 1. The lowest BCUT2D eigenvalue weighted by Crippen LogP contribution is -2.01. The minimum absolute atomic E-state index is 0.0994. The number of carbonyl (C=O) groups is 1. The molecule has 0 radical (unpaired) electrons. The van der Waals surface area contributed by atoms with Crippen molar-refractivity contribution < 1.29 is 31.3 Å². The molecule has 0 bridgehead atoms. The molecule has 0 spiro atoms. The van der Waals surface area contributed by atoms with Crippen LogP contribution in [0.3, 0.4) is 0 Å². The number of furan rings is 1. The molecule has 6 rings (SSSR count). The highest BCUT2D eigenvalue weighted by Crippen LogP contribution is 2.38. The van der Waals surface area contributed by atoms with E-state index in [1.54, 1.807) is 73.7 Å². The van der Waals surface area contributed by atoms with Crippen LogP contribution in [0, 0.1) is 12.7 Å². The van der Waals surface area contributed by atoms with Gasteiger partial charge in [0.05, 0.1) is 10.5 Å². The van der Waals surface area contributed by atoms with E-state index in [9.17, 15) is 22.2 Å². The third kappa shape index (κ3) is 6.41. The maximum Gasteiger partial charge on any atom is 0.295 e. The van der Waals surface area contributed by atoms with Crippen molar-refractivity contribution in [2.45, 2.75) is 18.4 Å².